The molecule has 0 unspecified atom stereocenters. The molecule has 0 bridgehead atoms. The molecule has 112 valence electrons. The Balaban J connectivity index is 2.15. The number of nitrogens with zero attached hydrogens (tertiary/aromatic N) is 1. The number of aromatic nitrogens is 1. The minimum Gasteiger partial charge on any atom is -0.480 e. The number of carboxylic acids is 1. The first-order chi connectivity index (χ1) is 9.79. The van der Waals surface area contributed by atoms with Gasteiger partial charge in [0.25, 0.3) is 5.91 Å². The summed E-state index contributed by atoms with van der Waals surface area (Å²) in [6.07, 6.45) is 0. The van der Waals surface area contributed by atoms with E-state index in [2.05, 4.69) is 10.3 Å². The number of nitrogens with one attached hydrogen (secondary N) is 1. The second-order valence-electron chi connectivity index (χ2n) is 5.63. The number of carbonyl (C=O) groups excluding carboxylic acids is 1. The molecule has 0 saturated carbocycles. The van der Waals surface area contributed by atoms with Crippen LogP contribution >= 0.6 is 22.7 Å². The van der Waals surface area contributed by atoms with Crippen LogP contribution in [0.25, 0.3) is 9.88 Å². The van der Waals surface area contributed by atoms with Crippen LogP contribution < -0.4 is 5.32 Å². The topological polar surface area (TPSA) is 79.3 Å². The highest BCUT2D eigenvalue weighted by molar-refractivity contribution is 7.20. The Labute approximate surface area is 130 Å². The van der Waals surface area contributed by atoms with Gasteiger partial charge in [0, 0.05) is 5.38 Å². The maximum absolute atomic E-state index is 12.2. The zero-order valence-electron chi connectivity index (χ0n) is 11.9. The smallest absolute Gasteiger partial charge is 0.326 e. The maximum atomic E-state index is 12.2. The van der Waals surface area contributed by atoms with Crippen molar-refractivity contribution in [1.29, 1.82) is 0 Å². The first-order valence-corrected chi connectivity index (χ1v) is 8.08. The number of carbonyl (C=O) groups is 2. The van der Waals surface area contributed by atoms with Gasteiger partial charge in [0.05, 0.1) is 4.88 Å². The summed E-state index contributed by atoms with van der Waals surface area (Å²) in [6.45, 7) is 5.30. The lowest BCUT2D eigenvalue weighted by atomic mass is 9.87. The van der Waals surface area contributed by atoms with Crippen LogP contribution in [-0.2, 0) is 4.79 Å². The van der Waals surface area contributed by atoms with Crippen molar-refractivity contribution in [1.82, 2.24) is 10.3 Å². The van der Waals surface area contributed by atoms with Crippen LogP contribution in [-0.4, -0.2) is 28.0 Å². The number of hydrogen-bond donors (Lipinski definition) is 2. The molecule has 0 saturated heterocycles. The first-order valence-electron chi connectivity index (χ1n) is 6.32. The van der Waals surface area contributed by atoms with Crippen molar-refractivity contribution in [3.8, 4) is 9.88 Å². The average molecular weight is 324 g/mol. The van der Waals surface area contributed by atoms with Crippen molar-refractivity contribution in [3.63, 3.8) is 0 Å². The zero-order chi connectivity index (χ0) is 15.6. The Hall–Kier alpha value is -1.73. The molecule has 7 heteroatoms. The van der Waals surface area contributed by atoms with Gasteiger partial charge in [-0.1, -0.05) is 26.8 Å². The van der Waals surface area contributed by atoms with Crippen LogP contribution in [0.5, 0.6) is 0 Å². The second-order valence-corrected chi connectivity index (χ2v) is 7.43. The summed E-state index contributed by atoms with van der Waals surface area (Å²) >= 11 is 2.92. The highest BCUT2D eigenvalue weighted by Crippen LogP contribution is 2.28. The summed E-state index contributed by atoms with van der Waals surface area (Å²) in [5, 5.41) is 16.1. The minimum atomic E-state index is -1.05. The Morgan fingerprint density at radius 3 is 2.57 bits per heavy atom. The lowest BCUT2D eigenvalue weighted by molar-refractivity contribution is -0.142. The quantitative estimate of drug-likeness (QED) is 0.905. The van der Waals surface area contributed by atoms with Crippen molar-refractivity contribution >= 4 is 34.6 Å². The summed E-state index contributed by atoms with van der Waals surface area (Å²) in [5.74, 6) is -1.51. The van der Waals surface area contributed by atoms with Gasteiger partial charge in [-0.2, -0.15) is 0 Å². The van der Waals surface area contributed by atoms with Gasteiger partial charge < -0.3 is 10.4 Å². The summed E-state index contributed by atoms with van der Waals surface area (Å²) in [7, 11) is 0. The molecule has 0 fully saturated rings. The van der Waals surface area contributed by atoms with Gasteiger partial charge in [0.1, 0.15) is 16.7 Å². The van der Waals surface area contributed by atoms with Crippen LogP contribution in [0.3, 0.4) is 0 Å². The SMILES string of the molecule is CC(C)(C)[C@H](NC(=O)c1csc(-c2cccs2)n1)C(=O)O. The van der Waals surface area contributed by atoms with Crippen LogP contribution in [0.1, 0.15) is 31.3 Å². The van der Waals surface area contributed by atoms with Crippen molar-refractivity contribution in [2.24, 2.45) is 5.41 Å². The van der Waals surface area contributed by atoms with E-state index >= 15 is 0 Å². The van der Waals surface area contributed by atoms with Crippen molar-refractivity contribution in [2.75, 3.05) is 0 Å². The lowest BCUT2D eigenvalue weighted by Crippen LogP contribution is -2.49. The van der Waals surface area contributed by atoms with E-state index in [9.17, 15) is 14.7 Å². The molecule has 21 heavy (non-hydrogen) atoms. The van der Waals surface area contributed by atoms with E-state index in [1.165, 1.54) is 11.3 Å². The molecule has 0 aliphatic heterocycles. The maximum Gasteiger partial charge on any atom is 0.326 e. The lowest BCUT2D eigenvalue weighted by Gasteiger charge is -2.27. The molecular formula is C14H16N2O3S2. The Morgan fingerprint density at radius 1 is 1.33 bits per heavy atom. The van der Waals surface area contributed by atoms with Crippen LogP contribution in [0.15, 0.2) is 22.9 Å². The third-order valence-corrected chi connectivity index (χ3v) is 4.74. The fourth-order valence-corrected chi connectivity index (χ4v) is 3.36. The highest BCUT2D eigenvalue weighted by Gasteiger charge is 2.33. The van der Waals surface area contributed by atoms with Gasteiger partial charge in [-0.05, 0) is 16.9 Å². The predicted octanol–water partition coefficient (Wildman–Crippen LogP) is 3.10. The standard InChI is InChI=1S/C14H16N2O3S2/c1-14(2,3)10(13(18)19)16-11(17)8-7-21-12(15-8)9-5-4-6-20-9/h4-7,10H,1-3H3,(H,16,17)(H,18,19)/t10-/m1/s1. The summed E-state index contributed by atoms with van der Waals surface area (Å²) in [6, 6.07) is 2.89. The molecule has 0 aliphatic rings. The first kappa shape index (κ1) is 15.7. The monoisotopic (exact) mass is 324 g/mol. The molecule has 0 aromatic carbocycles. The zero-order valence-corrected chi connectivity index (χ0v) is 13.5. The number of thiazole rings is 1. The van der Waals surface area contributed by atoms with E-state index in [1.54, 1.807) is 37.5 Å². The Bertz CT molecular complexity index is 641. The molecule has 0 radical (unpaired) electrons. The third kappa shape index (κ3) is 3.68. The minimum absolute atomic E-state index is 0.249. The van der Waals surface area contributed by atoms with Gasteiger partial charge >= 0.3 is 5.97 Å². The number of amides is 1. The fourth-order valence-electron chi connectivity index (χ4n) is 1.75. The van der Waals surface area contributed by atoms with Crippen molar-refractivity contribution < 1.29 is 14.7 Å². The fraction of sp³-hybridized carbons (Fsp3) is 0.357. The number of thiophene rings is 1. The second kappa shape index (κ2) is 5.95. The summed E-state index contributed by atoms with van der Waals surface area (Å²) < 4.78 is 0. The molecule has 1 amide bonds. The molecular weight excluding hydrogens is 308 g/mol. The van der Waals surface area contributed by atoms with Crippen LogP contribution in [0.4, 0.5) is 0 Å². The van der Waals surface area contributed by atoms with Crippen molar-refractivity contribution in [3.05, 3.63) is 28.6 Å². The predicted molar refractivity (Wildman–Crippen MR) is 83.8 cm³/mol. The van der Waals surface area contributed by atoms with E-state index in [0.29, 0.717) is 0 Å². The van der Waals surface area contributed by atoms with E-state index in [0.717, 1.165) is 9.88 Å². The van der Waals surface area contributed by atoms with Crippen LogP contribution in [0.2, 0.25) is 0 Å². The molecule has 5 nitrogen and oxygen atoms in total. The molecule has 2 heterocycles. The van der Waals surface area contributed by atoms with E-state index in [1.807, 2.05) is 17.5 Å². The molecule has 0 aliphatic carbocycles. The molecule has 2 aromatic rings. The van der Waals surface area contributed by atoms with Crippen molar-refractivity contribution in [2.45, 2.75) is 26.8 Å². The van der Waals surface area contributed by atoms with E-state index in [4.69, 9.17) is 0 Å². The molecule has 0 spiro atoms. The molecule has 2 N–H and O–H groups in total. The van der Waals surface area contributed by atoms with Gasteiger partial charge in [-0.3, -0.25) is 4.79 Å². The summed E-state index contributed by atoms with van der Waals surface area (Å²) in [5.41, 5.74) is -0.326. The number of rotatable bonds is 4. The third-order valence-electron chi connectivity index (χ3n) is 2.86. The van der Waals surface area contributed by atoms with E-state index < -0.39 is 23.3 Å². The molecule has 2 aromatic heterocycles. The normalized spacial score (nSPS) is 12.9. The average Bonchev–Trinajstić information content (AvgIpc) is 3.03. The van der Waals surface area contributed by atoms with Gasteiger partial charge in [-0.25, -0.2) is 9.78 Å². The Morgan fingerprint density at radius 2 is 2.05 bits per heavy atom. The van der Waals surface area contributed by atoms with Gasteiger partial charge in [0.2, 0.25) is 0 Å². The number of aliphatic carboxylic acids is 1. The highest BCUT2D eigenvalue weighted by atomic mass is 32.1. The molecule has 2 rings (SSSR count). The van der Waals surface area contributed by atoms with Crippen LogP contribution in [0, 0.1) is 5.41 Å². The number of carboxylic acid groups (broad SMARTS) is 1. The van der Waals surface area contributed by atoms with Gasteiger partial charge in [0.15, 0.2) is 0 Å². The number of hydrogen-bond acceptors (Lipinski definition) is 5. The van der Waals surface area contributed by atoms with Gasteiger partial charge in [-0.15, -0.1) is 22.7 Å². The van der Waals surface area contributed by atoms with E-state index in [-0.39, 0.29) is 5.69 Å². The largest absolute Gasteiger partial charge is 0.480 e. The Kier molecular flexibility index (Phi) is 4.43. The molecule has 1 atom stereocenters. The summed E-state index contributed by atoms with van der Waals surface area (Å²) in [4.78, 5) is 28.7.